The number of aryl methyl sites for hydroxylation is 1. The highest BCUT2D eigenvalue weighted by molar-refractivity contribution is 5.43. The molecule has 1 N–H and O–H groups in total. The Balaban J connectivity index is 2.30. The van der Waals surface area contributed by atoms with Gasteiger partial charge in [0.05, 0.1) is 26.5 Å². The number of rotatable bonds is 5. The standard InChI is InChI=1S/C13H17N3O3/c1-16-11(10(8-17)14-15-16)6-9-4-5-12(18-2)13(7-9)19-3/h4-5,7,17H,6,8H2,1-3H3. The van der Waals surface area contributed by atoms with Gasteiger partial charge in [-0.15, -0.1) is 5.10 Å². The third kappa shape index (κ3) is 2.68. The summed E-state index contributed by atoms with van der Waals surface area (Å²) in [5.41, 5.74) is 2.52. The largest absolute Gasteiger partial charge is 0.493 e. The lowest BCUT2D eigenvalue weighted by molar-refractivity contribution is 0.275. The lowest BCUT2D eigenvalue weighted by atomic mass is 10.1. The van der Waals surface area contributed by atoms with Gasteiger partial charge in [0.25, 0.3) is 0 Å². The van der Waals surface area contributed by atoms with Gasteiger partial charge in [-0.2, -0.15) is 0 Å². The summed E-state index contributed by atoms with van der Waals surface area (Å²) in [5, 5.41) is 17.1. The van der Waals surface area contributed by atoms with Crippen molar-refractivity contribution in [2.75, 3.05) is 14.2 Å². The van der Waals surface area contributed by atoms with Crippen molar-refractivity contribution in [3.63, 3.8) is 0 Å². The number of ether oxygens (including phenoxy) is 2. The van der Waals surface area contributed by atoms with Gasteiger partial charge in [0.1, 0.15) is 5.69 Å². The van der Waals surface area contributed by atoms with Crippen molar-refractivity contribution in [2.24, 2.45) is 7.05 Å². The average Bonchev–Trinajstić information content (AvgIpc) is 2.79. The van der Waals surface area contributed by atoms with Crippen LogP contribution in [0.3, 0.4) is 0 Å². The normalized spacial score (nSPS) is 10.5. The number of aliphatic hydroxyl groups excluding tert-OH is 1. The second-order valence-electron chi connectivity index (χ2n) is 4.13. The maximum atomic E-state index is 9.23. The smallest absolute Gasteiger partial charge is 0.160 e. The van der Waals surface area contributed by atoms with Crippen LogP contribution in [0.15, 0.2) is 18.2 Å². The maximum absolute atomic E-state index is 9.23. The Morgan fingerprint density at radius 1 is 1.21 bits per heavy atom. The van der Waals surface area contributed by atoms with Crippen molar-refractivity contribution in [3.05, 3.63) is 35.2 Å². The zero-order chi connectivity index (χ0) is 13.8. The zero-order valence-electron chi connectivity index (χ0n) is 11.3. The van der Waals surface area contributed by atoms with Crippen molar-refractivity contribution in [1.82, 2.24) is 15.0 Å². The van der Waals surface area contributed by atoms with Crippen LogP contribution in [0, 0.1) is 0 Å². The highest BCUT2D eigenvalue weighted by Gasteiger charge is 2.12. The molecule has 2 rings (SSSR count). The Labute approximate surface area is 111 Å². The van der Waals surface area contributed by atoms with E-state index in [1.807, 2.05) is 25.2 Å². The fraction of sp³-hybridized carbons (Fsp3) is 0.385. The molecule has 0 saturated heterocycles. The van der Waals surface area contributed by atoms with Gasteiger partial charge in [-0.05, 0) is 17.7 Å². The lowest BCUT2D eigenvalue weighted by Gasteiger charge is -2.10. The van der Waals surface area contributed by atoms with E-state index in [4.69, 9.17) is 9.47 Å². The number of methoxy groups -OCH3 is 2. The maximum Gasteiger partial charge on any atom is 0.160 e. The molecule has 0 aliphatic rings. The first-order chi connectivity index (χ1) is 9.19. The Morgan fingerprint density at radius 3 is 2.58 bits per heavy atom. The molecular formula is C13H17N3O3. The molecule has 19 heavy (non-hydrogen) atoms. The molecule has 1 aromatic carbocycles. The van der Waals surface area contributed by atoms with E-state index in [2.05, 4.69) is 10.3 Å². The Bertz CT molecular complexity index is 566. The van der Waals surface area contributed by atoms with Crippen molar-refractivity contribution in [3.8, 4) is 11.5 Å². The number of aromatic nitrogens is 3. The van der Waals surface area contributed by atoms with E-state index in [0.717, 1.165) is 11.3 Å². The van der Waals surface area contributed by atoms with Crippen LogP contribution in [-0.4, -0.2) is 34.3 Å². The first-order valence-electron chi connectivity index (χ1n) is 5.88. The van der Waals surface area contributed by atoms with Crippen LogP contribution in [0.2, 0.25) is 0 Å². The molecule has 0 spiro atoms. The van der Waals surface area contributed by atoms with Crippen LogP contribution in [0.5, 0.6) is 11.5 Å². The van der Waals surface area contributed by atoms with Crippen molar-refractivity contribution in [1.29, 1.82) is 0 Å². The van der Waals surface area contributed by atoms with Crippen molar-refractivity contribution < 1.29 is 14.6 Å². The van der Waals surface area contributed by atoms with E-state index in [9.17, 15) is 5.11 Å². The number of hydrogen-bond acceptors (Lipinski definition) is 5. The van der Waals surface area contributed by atoms with Crippen LogP contribution in [-0.2, 0) is 20.1 Å². The van der Waals surface area contributed by atoms with Gasteiger partial charge < -0.3 is 14.6 Å². The first-order valence-corrected chi connectivity index (χ1v) is 5.88. The van der Waals surface area contributed by atoms with Crippen LogP contribution in [0.1, 0.15) is 17.0 Å². The summed E-state index contributed by atoms with van der Waals surface area (Å²) in [5.74, 6) is 1.37. The summed E-state index contributed by atoms with van der Waals surface area (Å²) >= 11 is 0. The molecule has 0 atom stereocenters. The SMILES string of the molecule is COc1ccc(Cc2c(CO)nnn2C)cc1OC. The Morgan fingerprint density at radius 2 is 1.95 bits per heavy atom. The molecule has 2 aromatic rings. The van der Waals surface area contributed by atoms with Crippen molar-refractivity contribution >= 4 is 0 Å². The summed E-state index contributed by atoms with van der Waals surface area (Å²) in [6.07, 6.45) is 0.625. The van der Waals surface area contributed by atoms with Gasteiger partial charge in [0, 0.05) is 13.5 Å². The van der Waals surface area contributed by atoms with Crippen molar-refractivity contribution in [2.45, 2.75) is 13.0 Å². The van der Waals surface area contributed by atoms with Gasteiger partial charge in [-0.3, -0.25) is 4.68 Å². The molecule has 6 heteroatoms. The zero-order valence-corrected chi connectivity index (χ0v) is 11.3. The summed E-state index contributed by atoms with van der Waals surface area (Å²) in [6, 6.07) is 5.72. The Kier molecular flexibility index (Phi) is 4.01. The van der Waals surface area contributed by atoms with Gasteiger partial charge >= 0.3 is 0 Å². The fourth-order valence-corrected chi connectivity index (χ4v) is 1.94. The molecule has 1 heterocycles. The number of nitrogens with zero attached hydrogens (tertiary/aromatic N) is 3. The van der Waals surface area contributed by atoms with E-state index in [0.29, 0.717) is 23.6 Å². The van der Waals surface area contributed by atoms with E-state index < -0.39 is 0 Å². The molecule has 102 valence electrons. The highest BCUT2D eigenvalue weighted by Crippen LogP contribution is 2.28. The molecule has 0 unspecified atom stereocenters. The van der Waals surface area contributed by atoms with Gasteiger partial charge in [0.15, 0.2) is 11.5 Å². The molecule has 0 saturated carbocycles. The molecule has 0 aliphatic carbocycles. The number of aliphatic hydroxyl groups is 1. The average molecular weight is 263 g/mol. The van der Waals surface area contributed by atoms with Crippen LogP contribution in [0.25, 0.3) is 0 Å². The summed E-state index contributed by atoms with van der Waals surface area (Å²) in [4.78, 5) is 0. The van der Waals surface area contributed by atoms with Crippen LogP contribution < -0.4 is 9.47 Å². The summed E-state index contributed by atoms with van der Waals surface area (Å²) in [7, 11) is 5.01. The minimum atomic E-state index is -0.115. The molecule has 0 radical (unpaired) electrons. The summed E-state index contributed by atoms with van der Waals surface area (Å²) in [6.45, 7) is -0.115. The molecule has 0 aliphatic heterocycles. The summed E-state index contributed by atoms with van der Waals surface area (Å²) < 4.78 is 12.1. The monoisotopic (exact) mass is 263 g/mol. The molecule has 1 aromatic heterocycles. The molecule has 6 nitrogen and oxygen atoms in total. The Hall–Kier alpha value is -2.08. The topological polar surface area (TPSA) is 69.4 Å². The van der Waals surface area contributed by atoms with E-state index >= 15 is 0 Å². The van der Waals surface area contributed by atoms with E-state index in [-0.39, 0.29) is 6.61 Å². The van der Waals surface area contributed by atoms with Gasteiger partial charge in [-0.1, -0.05) is 11.3 Å². The molecule has 0 bridgehead atoms. The second kappa shape index (κ2) is 5.71. The fourth-order valence-electron chi connectivity index (χ4n) is 1.94. The second-order valence-corrected chi connectivity index (χ2v) is 4.13. The van der Waals surface area contributed by atoms with Gasteiger partial charge in [-0.25, -0.2) is 0 Å². The molecular weight excluding hydrogens is 246 g/mol. The minimum absolute atomic E-state index is 0.115. The predicted molar refractivity (Wildman–Crippen MR) is 69.3 cm³/mol. The molecule has 0 amide bonds. The molecule has 0 fully saturated rings. The number of hydrogen-bond donors (Lipinski definition) is 1. The number of benzene rings is 1. The predicted octanol–water partition coefficient (Wildman–Crippen LogP) is 0.915. The van der Waals surface area contributed by atoms with Gasteiger partial charge in [0.2, 0.25) is 0 Å². The van der Waals surface area contributed by atoms with Crippen LogP contribution >= 0.6 is 0 Å². The highest BCUT2D eigenvalue weighted by atomic mass is 16.5. The third-order valence-electron chi connectivity index (χ3n) is 2.99. The lowest BCUT2D eigenvalue weighted by Crippen LogP contribution is -2.02. The van der Waals surface area contributed by atoms with Crippen LogP contribution in [0.4, 0.5) is 0 Å². The van der Waals surface area contributed by atoms with E-state index in [1.165, 1.54) is 0 Å². The quantitative estimate of drug-likeness (QED) is 0.868. The first kappa shape index (κ1) is 13.4. The third-order valence-corrected chi connectivity index (χ3v) is 2.99. The minimum Gasteiger partial charge on any atom is -0.493 e. The van der Waals surface area contributed by atoms with E-state index in [1.54, 1.807) is 18.9 Å².